The van der Waals surface area contributed by atoms with Gasteiger partial charge in [-0.2, -0.15) is 0 Å². The van der Waals surface area contributed by atoms with Gasteiger partial charge >= 0.3 is 0 Å². The SMILES string of the molecule is CCCCN1C(=O)/C(=C2/N(c3ccccc3)N=C(c3ccccc3)N2c2ccccc2)C(C)C1=O. The van der Waals surface area contributed by atoms with Crippen molar-refractivity contribution in [1.29, 1.82) is 0 Å². The molecule has 0 bridgehead atoms. The largest absolute Gasteiger partial charge is 0.278 e. The number of amidine groups is 1. The maximum absolute atomic E-state index is 13.8. The number of carbonyl (C=O) groups is 2. The van der Waals surface area contributed by atoms with Gasteiger partial charge in [0, 0.05) is 17.8 Å². The van der Waals surface area contributed by atoms with Crippen LogP contribution in [0.5, 0.6) is 0 Å². The van der Waals surface area contributed by atoms with E-state index >= 15 is 0 Å². The highest BCUT2D eigenvalue weighted by Gasteiger charge is 2.47. The highest BCUT2D eigenvalue weighted by molar-refractivity contribution is 6.20. The van der Waals surface area contributed by atoms with E-state index in [-0.39, 0.29) is 11.8 Å². The van der Waals surface area contributed by atoms with E-state index in [1.165, 1.54) is 4.90 Å². The number of benzene rings is 3. The monoisotopic (exact) mass is 464 g/mol. The molecule has 0 N–H and O–H groups in total. The average Bonchev–Trinajstić information content (AvgIpc) is 3.39. The molecule has 0 spiro atoms. The molecule has 1 atom stereocenters. The summed E-state index contributed by atoms with van der Waals surface area (Å²) in [6.07, 6.45) is 1.69. The number of hydrogen-bond acceptors (Lipinski definition) is 5. The molecule has 176 valence electrons. The first-order chi connectivity index (χ1) is 17.1. The molecule has 0 saturated carbocycles. The lowest BCUT2D eigenvalue weighted by molar-refractivity contribution is -0.138. The van der Waals surface area contributed by atoms with Gasteiger partial charge in [0.05, 0.1) is 17.2 Å². The van der Waals surface area contributed by atoms with Crippen molar-refractivity contribution in [3.05, 3.63) is 108 Å². The zero-order valence-electron chi connectivity index (χ0n) is 20.0. The summed E-state index contributed by atoms with van der Waals surface area (Å²) in [6.45, 7) is 4.30. The van der Waals surface area contributed by atoms with Gasteiger partial charge in [-0.05, 0) is 37.6 Å². The molecular formula is C29H28N4O2. The van der Waals surface area contributed by atoms with Gasteiger partial charge in [-0.1, -0.05) is 80.1 Å². The number of unbranched alkanes of at least 4 members (excludes halogenated alkanes) is 1. The fourth-order valence-electron chi connectivity index (χ4n) is 4.57. The lowest BCUT2D eigenvalue weighted by Gasteiger charge is -2.27. The van der Waals surface area contributed by atoms with Crippen molar-refractivity contribution in [2.45, 2.75) is 26.7 Å². The van der Waals surface area contributed by atoms with Crippen LogP contribution in [0.3, 0.4) is 0 Å². The third-order valence-corrected chi connectivity index (χ3v) is 6.39. The molecule has 6 heteroatoms. The van der Waals surface area contributed by atoms with Crippen molar-refractivity contribution in [1.82, 2.24) is 4.90 Å². The Kier molecular flexibility index (Phi) is 6.19. The molecule has 2 aliphatic heterocycles. The molecule has 6 nitrogen and oxygen atoms in total. The highest BCUT2D eigenvalue weighted by Crippen LogP contribution is 2.40. The predicted molar refractivity (Wildman–Crippen MR) is 139 cm³/mol. The predicted octanol–water partition coefficient (Wildman–Crippen LogP) is 5.39. The molecule has 0 aliphatic carbocycles. The fraction of sp³-hybridized carbons (Fsp3) is 0.207. The number of imide groups is 1. The van der Waals surface area contributed by atoms with Crippen LogP contribution in [0.2, 0.25) is 0 Å². The van der Waals surface area contributed by atoms with Crippen molar-refractivity contribution in [3.63, 3.8) is 0 Å². The molecule has 0 aromatic heterocycles. The van der Waals surface area contributed by atoms with Crippen LogP contribution in [0.4, 0.5) is 11.4 Å². The van der Waals surface area contributed by atoms with Crippen molar-refractivity contribution >= 4 is 29.0 Å². The van der Waals surface area contributed by atoms with Crippen LogP contribution < -0.4 is 9.91 Å². The van der Waals surface area contributed by atoms with Crippen LogP contribution in [0.1, 0.15) is 32.3 Å². The number of para-hydroxylation sites is 2. The lowest BCUT2D eigenvalue weighted by Crippen LogP contribution is -2.34. The molecule has 5 rings (SSSR count). The van der Waals surface area contributed by atoms with Crippen molar-refractivity contribution in [2.75, 3.05) is 16.5 Å². The third kappa shape index (κ3) is 4.01. The van der Waals surface area contributed by atoms with Gasteiger partial charge in [0.25, 0.3) is 5.91 Å². The molecule has 3 aromatic rings. The lowest BCUT2D eigenvalue weighted by atomic mass is 10.0. The van der Waals surface area contributed by atoms with Crippen molar-refractivity contribution < 1.29 is 9.59 Å². The van der Waals surface area contributed by atoms with Gasteiger partial charge in [-0.25, -0.2) is 5.01 Å². The smallest absolute Gasteiger partial charge is 0.260 e. The maximum atomic E-state index is 13.8. The Bertz CT molecular complexity index is 1290. The number of carbonyl (C=O) groups excluding carboxylic acids is 2. The second kappa shape index (κ2) is 9.58. The molecule has 1 saturated heterocycles. The van der Waals surface area contributed by atoms with E-state index in [4.69, 9.17) is 5.10 Å². The summed E-state index contributed by atoms with van der Waals surface area (Å²) < 4.78 is 0. The number of likely N-dealkylation sites (tertiary alicyclic amines) is 1. The van der Waals surface area contributed by atoms with Crippen LogP contribution >= 0.6 is 0 Å². The molecule has 3 aromatic carbocycles. The van der Waals surface area contributed by atoms with Gasteiger partial charge in [0.1, 0.15) is 0 Å². The zero-order chi connectivity index (χ0) is 24.4. The fourth-order valence-corrected chi connectivity index (χ4v) is 4.57. The molecule has 2 aliphatic rings. The molecule has 35 heavy (non-hydrogen) atoms. The third-order valence-electron chi connectivity index (χ3n) is 6.39. The maximum Gasteiger partial charge on any atom is 0.260 e. The Hall–Kier alpha value is -4.19. The van der Waals surface area contributed by atoms with E-state index in [1.807, 2.05) is 103 Å². The number of nitrogens with zero attached hydrogens (tertiary/aromatic N) is 4. The zero-order valence-corrected chi connectivity index (χ0v) is 20.0. The van der Waals surface area contributed by atoms with Gasteiger partial charge in [-0.3, -0.25) is 19.4 Å². The molecule has 2 amide bonds. The molecule has 2 heterocycles. The Morgan fingerprint density at radius 2 is 1.37 bits per heavy atom. The minimum atomic E-state index is -0.572. The topological polar surface area (TPSA) is 56.2 Å². The number of rotatable bonds is 6. The molecule has 1 unspecified atom stereocenters. The summed E-state index contributed by atoms with van der Waals surface area (Å²) in [4.78, 5) is 30.4. The first kappa shape index (κ1) is 22.6. The second-order valence-corrected chi connectivity index (χ2v) is 8.72. The number of amides is 2. The van der Waals surface area contributed by atoms with Gasteiger partial charge in [0.2, 0.25) is 5.91 Å². The Morgan fingerprint density at radius 1 is 0.800 bits per heavy atom. The summed E-state index contributed by atoms with van der Waals surface area (Å²) in [5, 5.41) is 6.83. The number of hydrogen-bond donors (Lipinski definition) is 0. The van der Waals surface area contributed by atoms with Crippen LogP contribution in [0.15, 0.2) is 107 Å². The number of hydrazone groups is 1. The van der Waals surface area contributed by atoms with Crippen molar-refractivity contribution in [2.24, 2.45) is 11.0 Å². The van der Waals surface area contributed by atoms with Crippen LogP contribution in [0, 0.1) is 5.92 Å². The first-order valence-corrected chi connectivity index (χ1v) is 12.1. The summed E-state index contributed by atoms with van der Waals surface area (Å²) in [6, 6.07) is 29.5. The second-order valence-electron chi connectivity index (χ2n) is 8.72. The van der Waals surface area contributed by atoms with E-state index in [1.54, 1.807) is 5.01 Å². The average molecular weight is 465 g/mol. The van der Waals surface area contributed by atoms with Gasteiger partial charge in [-0.15, -0.1) is 5.10 Å². The summed E-state index contributed by atoms with van der Waals surface area (Å²) in [5.41, 5.74) is 3.07. The molecule has 0 radical (unpaired) electrons. The van der Waals surface area contributed by atoms with E-state index in [0.717, 1.165) is 29.8 Å². The quantitative estimate of drug-likeness (QED) is 0.362. The van der Waals surface area contributed by atoms with Gasteiger partial charge in [0.15, 0.2) is 11.7 Å². The Morgan fingerprint density at radius 3 is 1.97 bits per heavy atom. The summed E-state index contributed by atoms with van der Waals surface area (Å²) in [5.74, 6) is 0.336. The van der Waals surface area contributed by atoms with E-state index in [0.29, 0.717) is 23.8 Å². The van der Waals surface area contributed by atoms with Crippen LogP contribution in [-0.4, -0.2) is 29.1 Å². The molecule has 1 fully saturated rings. The molecular weight excluding hydrogens is 436 g/mol. The minimum absolute atomic E-state index is 0.153. The summed E-state index contributed by atoms with van der Waals surface area (Å²) >= 11 is 0. The van der Waals surface area contributed by atoms with E-state index in [9.17, 15) is 9.59 Å². The normalized spacial score (nSPS) is 20.1. The van der Waals surface area contributed by atoms with E-state index < -0.39 is 5.92 Å². The summed E-state index contributed by atoms with van der Waals surface area (Å²) in [7, 11) is 0. The Labute approximate surface area is 205 Å². The van der Waals surface area contributed by atoms with Crippen LogP contribution in [-0.2, 0) is 9.59 Å². The standard InChI is InChI=1S/C29H28N4O2/c1-3-4-20-31-28(34)21(2)25(29(31)35)27-32(23-16-10-6-11-17-23)26(22-14-8-5-9-15-22)30-33(27)24-18-12-7-13-19-24/h5-19,21H,3-4,20H2,1-2H3/b27-25+. The Balaban J connectivity index is 1.76. The van der Waals surface area contributed by atoms with Gasteiger partial charge < -0.3 is 0 Å². The van der Waals surface area contributed by atoms with Crippen LogP contribution in [0.25, 0.3) is 0 Å². The number of anilines is 2. The van der Waals surface area contributed by atoms with E-state index in [2.05, 4.69) is 6.92 Å². The van der Waals surface area contributed by atoms with Crippen molar-refractivity contribution in [3.8, 4) is 0 Å². The first-order valence-electron chi connectivity index (χ1n) is 12.1. The highest BCUT2D eigenvalue weighted by atomic mass is 16.2. The minimum Gasteiger partial charge on any atom is -0.278 e.